The lowest BCUT2D eigenvalue weighted by atomic mass is 10.2. The van der Waals surface area contributed by atoms with E-state index in [4.69, 9.17) is 16.3 Å². The second-order valence-corrected chi connectivity index (χ2v) is 4.73. The maximum Gasteiger partial charge on any atom is 0.138 e. The lowest BCUT2D eigenvalue weighted by Gasteiger charge is -2.10. The summed E-state index contributed by atoms with van der Waals surface area (Å²) in [5.41, 5.74) is 2.30. The van der Waals surface area contributed by atoms with Crippen LogP contribution in [0, 0.1) is 0 Å². The molecule has 100 valence electrons. The molecule has 0 amide bonds. The van der Waals surface area contributed by atoms with E-state index < -0.39 is 0 Å². The van der Waals surface area contributed by atoms with Gasteiger partial charge in [-0.1, -0.05) is 54.9 Å². The summed E-state index contributed by atoms with van der Waals surface area (Å²) in [7, 11) is 0. The molecule has 1 N–H and O–H groups in total. The molecule has 0 spiro atoms. The molecule has 2 aromatic carbocycles. The minimum Gasteiger partial charge on any atom is -0.487 e. The van der Waals surface area contributed by atoms with Gasteiger partial charge in [0.2, 0.25) is 0 Å². The highest BCUT2D eigenvalue weighted by Crippen LogP contribution is 2.26. The number of rotatable bonds is 6. The minimum absolute atomic E-state index is 0.535. The van der Waals surface area contributed by atoms with Crippen molar-refractivity contribution in [2.75, 3.05) is 6.54 Å². The Morgan fingerprint density at radius 2 is 1.84 bits per heavy atom. The van der Waals surface area contributed by atoms with Crippen molar-refractivity contribution in [1.29, 1.82) is 0 Å². The summed E-state index contributed by atoms with van der Waals surface area (Å²) >= 11 is 6.22. The van der Waals surface area contributed by atoms with Gasteiger partial charge in [0.1, 0.15) is 12.4 Å². The van der Waals surface area contributed by atoms with E-state index >= 15 is 0 Å². The zero-order chi connectivity index (χ0) is 13.5. The first kappa shape index (κ1) is 13.9. The Balaban J connectivity index is 1.97. The summed E-state index contributed by atoms with van der Waals surface area (Å²) in [6.07, 6.45) is 0. The minimum atomic E-state index is 0.535. The Morgan fingerprint density at radius 3 is 2.53 bits per heavy atom. The van der Waals surface area contributed by atoms with Gasteiger partial charge in [-0.25, -0.2) is 0 Å². The molecule has 0 bridgehead atoms. The second kappa shape index (κ2) is 7.17. The van der Waals surface area contributed by atoms with Gasteiger partial charge in [0.15, 0.2) is 0 Å². The van der Waals surface area contributed by atoms with Crippen LogP contribution in [0.3, 0.4) is 0 Å². The first-order chi connectivity index (χ1) is 9.29. The summed E-state index contributed by atoms with van der Waals surface area (Å²) in [5.74, 6) is 0.728. The van der Waals surface area contributed by atoms with E-state index in [1.807, 2.05) is 48.5 Å². The third-order valence-electron chi connectivity index (χ3n) is 2.81. The van der Waals surface area contributed by atoms with E-state index in [9.17, 15) is 0 Å². The molecule has 2 rings (SSSR count). The monoisotopic (exact) mass is 275 g/mol. The van der Waals surface area contributed by atoms with Gasteiger partial charge in [0.05, 0.1) is 5.02 Å². The molecule has 0 aliphatic carbocycles. The standard InChI is InChI=1S/C16H18ClNO/c1-2-18-11-14-8-9-16(15(17)10-14)19-12-13-6-4-3-5-7-13/h3-10,18H,2,11-12H2,1H3. The van der Waals surface area contributed by atoms with E-state index in [2.05, 4.69) is 12.2 Å². The highest BCUT2D eigenvalue weighted by atomic mass is 35.5. The Morgan fingerprint density at radius 1 is 1.05 bits per heavy atom. The average molecular weight is 276 g/mol. The van der Waals surface area contributed by atoms with Crippen LogP contribution < -0.4 is 10.1 Å². The molecule has 0 heterocycles. The van der Waals surface area contributed by atoms with Gasteiger partial charge in [-0.05, 0) is 29.8 Å². The number of hydrogen-bond donors (Lipinski definition) is 1. The lowest BCUT2D eigenvalue weighted by molar-refractivity contribution is 0.306. The number of nitrogens with one attached hydrogen (secondary N) is 1. The van der Waals surface area contributed by atoms with Crippen LogP contribution in [0.25, 0.3) is 0 Å². The molecule has 0 atom stereocenters. The topological polar surface area (TPSA) is 21.3 Å². The van der Waals surface area contributed by atoms with Crippen molar-refractivity contribution in [2.24, 2.45) is 0 Å². The van der Waals surface area contributed by atoms with Gasteiger partial charge in [-0.3, -0.25) is 0 Å². The number of benzene rings is 2. The van der Waals surface area contributed by atoms with Crippen molar-refractivity contribution < 1.29 is 4.74 Å². The Hall–Kier alpha value is -1.51. The smallest absolute Gasteiger partial charge is 0.138 e. The summed E-state index contributed by atoms with van der Waals surface area (Å²) in [6, 6.07) is 16.0. The van der Waals surface area contributed by atoms with Gasteiger partial charge >= 0.3 is 0 Å². The third kappa shape index (κ3) is 4.27. The van der Waals surface area contributed by atoms with Gasteiger partial charge in [-0.2, -0.15) is 0 Å². The van der Waals surface area contributed by atoms with E-state index in [0.717, 1.165) is 24.4 Å². The van der Waals surface area contributed by atoms with E-state index in [1.54, 1.807) is 0 Å². The predicted octanol–water partition coefficient (Wildman–Crippen LogP) is 4.03. The highest BCUT2D eigenvalue weighted by molar-refractivity contribution is 6.32. The SMILES string of the molecule is CCNCc1ccc(OCc2ccccc2)c(Cl)c1. The lowest BCUT2D eigenvalue weighted by Crippen LogP contribution is -2.11. The van der Waals surface area contributed by atoms with Crippen LogP contribution in [-0.2, 0) is 13.2 Å². The molecule has 0 fully saturated rings. The van der Waals surface area contributed by atoms with Crippen LogP contribution in [0.15, 0.2) is 48.5 Å². The van der Waals surface area contributed by atoms with Crippen molar-refractivity contribution in [1.82, 2.24) is 5.32 Å². The van der Waals surface area contributed by atoms with E-state index in [1.165, 1.54) is 5.56 Å². The fraction of sp³-hybridized carbons (Fsp3) is 0.250. The van der Waals surface area contributed by atoms with Crippen molar-refractivity contribution in [2.45, 2.75) is 20.1 Å². The molecule has 0 saturated heterocycles. The predicted molar refractivity (Wildman–Crippen MR) is 79.6 cm³/mol. The first-order valence-electron chi connectivity index (χ1n) is 6.45. The molecule has 0 aliphatic heterocycles. The van der Waals surface area contributed by atoms with Crippen LogP contribution in [0.2, 0.25) is 5.02 Å². The van der Waals surface area contributed by atoms with E-state index in [-0.39, 0.29) is 0 Å². The van der Waals surface area contributed by atoms with Crippen LogP contribution in [0.1, 0.15) is 18.1 Å². The largest absolute Gasteiger partial charge is 0.487 e. The van der Waals surface area contributed by atoms with E-state index in [0.29, 0.717) is 11.6 Å². The molecule has 0 unspecified atom stereocenters. The first-order valence-corrected chi connectivity index (χ1v) is 6.83. The molecule has 0 saturated carbocycles. The Labute approximate surface area is 119 Å². The van der Waals surface area contributed by atoms with Crippen LogP contribution in [0.4, 0.5) is 0 Å². The summed E-state index contributed by atoms with van der Waals surface area (Å²) in [6.45, 7) is 4.39. The fourth-order valence-corrected chi connectivity index (χ4v) is 2.03. The second-order valence-electron chi connectivity index (χ2n) is 4.32. The quantitative estimate of drug-likeness (QED) is 0.859. The molecule has 0 aliphatic rings. The maximum absolute atomic E-state index is 6.22. The van der Waals surface area contributed by atoms with Crippen LogP contribution >= 0.6 is 11.6 Å². The molecular weight excluding hydrogens is 258 g/mol. The van der Waals surface area contributed by atoms with Crippen molar-refractivity contribution in [3.63, 3.8) is 0 Å². The van der Waals surface area contributed by atoms with Gasteiger partial charge < -0.3 is 10.1 Å². The molecule has 19 heavy (non-hydrogen) atoms. The van der Waals surface area contributed by atoms with Crippen LogP contribution in [0.5, 0.6) is 5.75 Å². The van der Waals surface area contributed by atoms with Crippen molar-refractivity contribution in [3.05, 3.63) is 64.7 Å². The third-order valence-corrected chi connectivity index (χ3v) is 3.11. The van der Waals surface area contributed by atoms with Gasteiger partial charge in [0, 0.05) is 6.54 Å². The Bertz CT molecular complexity index is 513. The summed E-state index contributed by atoms with van der Waals surface area (Å²) in [5, 5.41) is 3.93. The maximum atomic E-state index is 6.22. The number of ether oxygens (including phenoxy) is 1. The highest BCUT2D eigenvalue weighted by Gasteiger charge is 2.03. The average Bonchev–Trinajstić information content (AvgIpc) is 2.45. The summed E-state index contributed by atoms with van der Waals surface area (Å²) < 4.78 is 5.73. The number of halogens is 1. The molecule has 0 aromatic heterocycles. The molecular formula is C16H18ClNO. The van der Waals surface area contributed by atoms with Gasteiger partial charge in [0.25, 0.3) is 0 Å². The van der Waals surface area contributed by atoms with Crippen LogP contribution in [-0.4, -0.2) is 6.54 Å². The molecule has 2 nitrogen and oxygen atoms in total. The zero-order valence-electron chi connectivity index (χ0n) is 11.0. The Kier molecular flexibility index (Phi) is 5.25. The van der Waals surface area contributed by atoms with Gasteiger partial charge in [-0.15, -0.1) is 0 Å². The molecule has 0 radical (unpaired) electrons. The normalized spacial score (nSPS) is 10.4. The fourth-order valence-electron chi connectivity index (χ4n) is 1.78. The zero-order valence-corrected chi connectivity index (χ0v) is 11.8. The number of hydrogen-bond acceptors (Lipinski definition) is 2. The molecule has 2 aromatic rings. The van der Waals surface area contributed by atoms with Crippen molar-refractivity contribution in [3.8, 4) is 5.75 Å². The summed E-state index contributed by atoms with van der Waals surface area (Å²) in [4.78, 5) is 0. The molecule has 3 heteroatoms. The van der Waals surface area contributed by atoms with Crippen molar-refractivity contribution >= 4 is 11.6 Å².